The Labute approximate surface area is 144 Å². The summed E-state index contributed by atoms with van der Waals surface area (Å²) >= 11 is 0. The van der Waals surface area contributed by atoms with Crippen LogP contribution in [0.25, 0.3) is 11.0 Å². The highest BCUT2D eigenvalue weighted by atomic mass is 16.6. The van der Waals surface area contributed by atoms with E-state index in [0.29, 0.717) is 11.5 Å². The van der Waals surface area contributed by atoms with Crippen molar-refractivity contribution in [2.24, 2.45) is 0 Å². The fraction of sp³-hybridized carbons (Fsp3) is 0.625. The first-order valence-electron chi connectivity index (χ1n) is 8.28. The number of aliphatic hydroxyl groups is 3. The molecule has 5 atom stereocenters. The molecule has 0 aliphatic carbocycles. The lowest BCUT2D eigenvalue weighted by Crippen LogP contribution is -2.44. The van der Waals surface area contributed by atoms with Gasteiger partial charge in [0.25, 0.3) is 0 Å². The normalized spacial score (nSPS) is 34.9. The van der Waals surface area contributed by atoms with Crippen molar-refractivity contribution >= 4 is 16.9 Å². The van der Waals surface area contributed by atoms with E-state index in [2.05, 4.69) is 15.3 Å². The Bertz CT molecular complexity index is 792. The van der Waals surface area contributed by atoms with Crippen molar-refractivity contribution in [1.82, 2.24) is 14.5 Å². The van der Waals surface area contributed by atoms with Gasteiger partial charge in [-0.3, -0.25) is 0 Å². The zero-order chi connectivity index (χ0) is 17.8. The molecule has 2 aliphatic rings. The highest BCUT2D eigenvalue weighted by Crippen LogP contribution is 2.43. The Hall–Kier alpha value is -1.78. The van der Waals surface area contributed by atoms with Crippen LogP contribution in [-0.2, 0) is 9.47 Å². The fourth-order valence-electron chi connectivity index (χ4n) is 3.78. The van der Waals surface area contributed by atoms with Gasteiger partial charge in [-0.05, 0) is 13.3 Å². The summed E-state index contributed by atoms with van der Waals surface area (Å²) in [6.45, 7) is 1.83. The van der Waals surface area contributed by atoms with Crippen LogP contribution >= 0.6 is 0 Å². The molecule has 1 fully saturated rings. The van der Waals surface area contributed by atoms with Gasteiger partial charge >= 0.3 is 0 Å². The van der Waals surface area contributed by atoms with Gasteiger partial charge in [-0.1, -0.05) is 0 Å². The van der Waals surface area contributed by atoms with Crippen molar-refractivity contribution in [3.8, 4) is 0 Å². The van der Waals surface area contributed by atoms with Crippen molar-refractivity contribution in [1.29, 1.82) is 0 Å². The van der Waals surface area contributed by atoms with Crippen LogP contribution in [0.5, 0.6) is 0 Å². The minimum absolute atomic E-state index is 0.145. The lowest BCUT2D eigenvalue weighted by Gasteiger charge is -2.27. The zero-order valence-electron chi connectivity index (χ0n) is 14.1. The van der Waals surface area contributed by atoms with Gasteiger partial charge in [0.05, 0.1) is 18.1 Å². The maximum Gasteiger partial charge on any atom is 0.167 e. The van der Waals surface area contributed by atoms with Crippen LogP contribution in [0.3, 0.4) is 0 Å². The molecule has 25 heavy (non-hydrogen) atoms. The Balaban J connectivity index is 1.90. The predicted molar refractivity (Wildman–Crippen MR) is 88.0 cm³/mol. The summed E-state index contributed by atoms with van der Waals surface area (Å²) in [5.41, 5.74) is -0.103. The first kappa shape index (κ1) is 16.7. The van der Waals surface area contributed by atoms with E-state index in [1.54, 1.807) is 11.7 Å². The van der Waals surface area contributed by atoms with Gasteiger partial charge in [-0.2, -0.15) is 0 Å². The maximum absolute atomic E-state index is 10.8. The number of hydrogen-bond donors (Lipinski definition) is 4. The third-order valence-electron chi connectivity index (χ3n) is 5.16. The Morgan fingerprint density at radius 2 is 2.28 bits per heavy atom. The standard InChI is InChI=1S/C16H22N4O5/c1-16(23)12(22)10(6-21)25-15(16)20-5-8-9(24-2)3-4-17-13-11(8)14(20)19-7-18-13/h5,7,9-10,12,15,21-23H,3-4,6H2,1-2H3,(H,17,18,19)/t9?,10-,12-,15?,16-/m1/s1. The number of anilines is 1. The molecule has 4 N–H and O–H groups in total. The summed E-state index contributed by atoms with van der Waals surface area (Å²) < 4.78 is 13.0. The number of aromatic nitrogens is 3. The van der Waals surface area contributed by atoms with E-state index in [9.17, 15) is 15.3 Å². The van der Waals surface area contributed by atoms with Crippen LogP contribution < -0.4 is 5.32 Å². The van der Waals surface area contributed by atoms with Gasteiger partial charge in [0.2, 0.25) is 0 Å². The van der Waals surface area contributed by atoms with Crippen molar-refractivity contribution in [3.05, 3.63) is 18.1 Å². The topological polar surface area (TPSA) is 122 Å². The van der Waals surface area contributed by atoms with Gasteiger partial charge in [0.15, 0.2) is 6.23 Å². The zero-order valence-corrected chi connectivity index (χ0v) is 14.1. The molecule has 136 valence electrons. The molecular formula is C16H22N4O5. The molecule has 9 nitrogen and oxygen atoms in total. The second kappa shape index (κ2) is 5.89. The number of nitrogens with zero attached hydrogens (tertiary/aromatic N) is 3. The number of ether oxygens (including phenoxy) is 2. The average Bonchev–Trinajstić information content (AvgIpc) is 3.00. The summed E-state index contributed by atoms with van der Waals surface area (Å²) in [5.74, 6) is 0.704. The monoisotopic (exact) mass is 350 g/mol. The third kappa shape index (κ3) is 2.35. The fourth-order valence-corrected chi connectivity index (χ4v) is 3.78. The third-order valence-corrected chi connectivity index (χ3v) is 5.16. The molecule has 0 aromatic carbocycles. The molecule has 0 amide bonds. The van der Waals surface area contributed by atoms with Crippen LogP contribution in [0, 0.1) is 0 Å². The Kier molecular flexibility index (Phi) is 3.93. The van der Waals surface area contributed by atoms with Gasteiger partial charge < -0.3 is 34.7 Å². The molecule has 4 heterocycles. The summed E-state index contributed by atoms with van der Waals surface area (Å²) in [7, 11) is 1.65. The van der Waals surface area contributed by atoms with Gasteiger partial charge in [-0.15, -0.1) is 0 Å². The number of hydrogen-bond acceptors (Lipinski definition) is 8. The van der Waals surface area contributed by atoms with Crippen LogP contribution in [0.4, 0.5) is 5.82 Å². The second-order valence-electron chi connectivity index (χ2n) is 6.73. The SMILES string of the molecule is COC1CCNc2ncnc3c2c1cn3C1O[C@H](CO)[C@@H](O)[C@@]1(C)O. The van der Waals surface area contributed by atoms with Gasteiger partial charge in [0, 0.05) is 25.4 Å². The maximum atomic E-state index is 10.8. The number of rotatable bonds is 3. The van der Waals surface area contributed by atoms with Crippen LogP contribution in [0.15, 0.2) is 12.5 Å². The molecule has 0 radical (unpaired) electrons. The van der Waals surface area contributed by atoms with Gasteiger partial charge in [-0.25, -0.2) is 9.97 Å². The lowest BCUT2D eigenvalue weighted by molar-refractivity contribution is -0.0949. The molecule has 0 saturated carbocycles. The van der Waals surface area contributed by atoms with E-state index in [1.165, 1.54) is 13.3 Å². The lowest BCUT2D eigenvalue weighted by atomic mass is 9.96. The molecule has 2 aromatic rings. The van der Waals surface area contributed by atoms with E-state index in [1.807, 2.05) is 6.20 Å². The summed E-state index contributed by atoms with van der Waals surface area (Å²) in [5, 5.41) is 34.6. The molecule has 2 unspecified atom stereocenters. The minimum Gasteiger partial charge on any atom is -0.394 e. The smallest absolute Gasteiger partial charge is 0.167 e. The van der Waals surface area contributed by atoms with Crippen LogP contribution in [0.1, 0.15) is 31.2 Å². The molecule has 9 heteroatoms. The molecule has 2 aliphatic heterocycles. The average molecular weight is 350 g/mol. The van der Waals surface area contributed by atoms with Crippen LogP contribution in [-0.4, -0.2) is 67.9 Å². The molecule has 0 spiro atoms. The minimum atomic E-state index is -1.58. The highest BCUT2D eigenvalue weighted by molar-refractivity contribution is 5.91. The van der Waals surface area contributed by atoms with Crippen molar-refractivity contribution in [2.45, 2.75) is 43.5 Å². The van der Waals surface area contributed by atoms with Crippen molar-refractivity contribution in [3.63, 3.8) is 0 Å². The van der Waals surface area contributed by atoms with E-state index < -0.39 is 24.0 Å². The molecular weight excluding hydrogens is 328 g/mol. The number of aliphatic hydroxyl groups excluding tert-OH is 2. The Morgan fingerprint density at radius 3 is 2.96 bits per heavy atom. The largest absolute Gasteiger partial charge is 0.394 e. The summed E-state index contributed by atoms with van der Waals surface area (Å²) in [6, 6.07) is 0. The molecule has 0 bridgehead atoms. The first-order chi connectivity index (χ1) is 12.0. The van der Waals surface area contributed by atoms with Crippen molar-refractivity contribution < 1.29 is 24.8 Å². The predicted octanol–water partition coefficient (Wildman–Crippen LogP) is -0.0640. The van der Waals surface area contributed by atoms with Crippen LogP contribution in [0.2, 0.25) is 0 Å². The quantitative estimate of drug-likeness (QED) is 0.607. The van der Waals surface area contributed by atoms with E-state index >= 15 is 0 Å². The number of nitrogens with one attached hydrogen (secondary N) is 1. The Morgan fingerprint density at radius 1 is 1.48 bits per heavy atom. The number of methoxy groups -OCH3 is 1. The van der Waals surface area contributed by atoms with E-state index in [-0.39, 0.29) is 12.7 Å². The van der Waals surface area contributed by atoms with E-state index in [0.717, 1.165) is 23.9 Å². The first-order valence-corrected chi connectivity index (χ1v) is 8.28. The molecule has 2 aromatic heterocycles. The van der Waals surface area contributed by atoms with E-state index in [4.69, 9.17) is 9.47 Å². The molecule has 4 rings (SSSR count). The summed E-state index contributed by atoms with van der Waals surface area (Å²) in [4.78, 5) is 8.67. The highest BCUT2D eigenvalue weighted by Gasteiger charge is 2.53. The van der Waals surface area contributed by atoms with Gasteiger partial charge in [0.1, 0.15) is 35.6 Å². The summed E-state index contributed by atoms with van der Waals surface area (Å²) in [6.07, 6.45) is 0.914. The molecule has 1 saturated heterocycles. The van der Waals surface area contributed by atoms with Crippen molar-refractivity contribution in [2.75, 3.05) is 25.6 Å². The second-order valence-corrected chi connectivity index (χ2v) is 6.73.